The lowest BCUT2D eigenvalue weighted by Gasteiger charge is -2.27. The molecule has 4 nitrogen and oxygen atoms in total. The van der Waals surface area contributed by atoms with Gasteiger partial charge in [-0.05, 0) is 6.42 Å². The van der Waals surface area contributed by atoms with Crippen molar-refractivity contribution in [1.82, 2.24) is 10.2 Å². The van der Waals surface area contributed by atoms with E-state index in [1.165, 1.54) is 0 Å². The maximum Gasteiger partial charge on any atom is 0.109 e. The molecule has 0 aromatic heterocycles. The zero-order chi connectivity index (χ0) is 8.93. The predicted molar refractivity (Wildman–Crippen MR) is 49.6 cm³/mol. The van der Waals surface area contributed by atoms with Crippen LogP contribution >= 0.6 is 0 Å². The molecule has 0 aromatic carbocycles. The van der Waals surface area contributed by atoms with Crippen molar-refractivity contribution < 1.29 is 9.47 Å². The van der Waals surface area contributed by atoms with Gasteiger partial charge in [-0.3, -0.25) is 10.2 Å². The first-order valence-corrected chi connectivity index (χ1v) is 5.10. The fraction of sp³-hybridized carbons (Fsp3) is 1.00. The van der Waals surface area contributed by atoms with E-state index in [2.05, 4.69) is 10.2 Å². The van der Waals surface area contributed by atoms with Gasteiger partial charge in [-0.1, -0.05) is 0 Å². The molecule has 0 aliphatic carbocycles. The second-order valence-corrected chi connectivity index (χ2v) is 3.56. The van der Waals surface area contributed by atoms with Crippen molar-refractivity contribution in [3.8, 4) is 0 Å². The molecule has 76 valence electrons. The lowest BCUT2D eigenvalue weighted by molar-refractivity contribution is 0.0245. The Morgan fingerprint density at radius 1 is 1.23 bits per heavy atom. The van der Waals surface area contributed by atoms with E-state index in [-0.39, 0.29) is 0 Å². The molecular weight excluding hydrogens is 168 g/mol. The molecule has 1 N–H and O–H groups in total. The highest BCUT2D eigenvalue weighted by Gasteiger charge is 2.16. The van der Waals surface area contributed by atoms with E-state index in [0.29, 0.717) is 6.23 Å². The van der Waals surface area contributed by atoms with Crippen LogP contribution in [0.25, 0.3) is 0 Å². The number of nitrogens with one attached hydrogen (secondary N) is 1. The van der Waals surface area contributed by atoms with Crippen LogP contribution in [-0.4, -0.2) is 57.1 Å². The largest absolute Gasteiger partial charge is 0.379 e. The summed E-state index contributed by atoms with van der Waals surface area (Å²) in [6.07, 6.45) is 1.39. The number of ether oxygens (including phenoxy) is 2. The van der Waals surface area contributed by atoms with Gasteiger partial charge in [-0.2, -0.15) is 0 Å². The van der Waals surface area contributed by atoms with Crippen LogP contribution in [0.4, 0.5) is 0 Å². The number of nitrogens with zero attached hydrogens (tertiary/aromatic N) is 1. The van der Waals surface area contributed by atoms with Gasteiger partial charge in [0.05, 0.1) is 19.8 Å². The van der Waals surface area contributed by atoms with E-state index in [0.717, 1.165) is 52.4 Å². The molecule has 2 saturated heterocycles. The summed E-state index contributed by atoms with van der Waals surface area (Å²) >= 11 is 0. The highest BCUT2D eigenvalue weighted by molar-refractivity contribution is 4.67. The molecular formula is C9H18N2O2. The van der Waals surface area contributed by atoms with Crippen LogP contribution in [0, 0.1) is 0 Å². The van der Waals surface area contributed by atoms with Crippen molar-refractivity contribution in [1.29, 1.82) is 0 Å². The lowest BCUT2D eigenvalue weighted by atomic mass is 10.3. The monoisotopic (exact) mass is 186 g/mol. The van der Waals surface area contributed by atoms with Gasteiger partial charge in [0, 0.05) is 26.2 Å². The van der Waals surface area contributed by atoms with E-state index < -0.39 is 0 Å². The van der Waals surface area contributed by atoms with Crippen LogP contribution in [0.15, 0.2) is 0 Å². The zero-order valence-electron chi connectivity index (χ0n) is 8.00. The van der Waals surface area contributed by atoms with Gasteiger partial charge in [-0.25, -0.2) is 0 Å². The number of hydrogen-bond donors (Lipinski definition) is 1. The molecule has 0 aromatic rings. The highest BCUT2D eigenvalue weighted by atomic mass is 16.5. The number of morpholine rings is 1. The summed E-state index contributed by atoms with van der Waals surface area (Å²) in [6.45, 7) is 6.93. The van der Waals surface area contributed by atoms with Gasteiger partial charge in [0.1, 0.15) is 6.23 Å². The van der Waals surface area contributed by atoms with E-state index in [1.807, 2.05) is 0 Å². The Hall–Kier alpha value is -0.160. The molecule has 2 aliphatic rings. The molecule has 2 heterocycles. The highest BCUT2D eigenvalue weighted by Crippen LogP contribution is 2.04. The van der Waals surface area contributed by atoms with Gasteiger partial charge in [0.2, 0.25) is 0 Å². The van der Waals surface area contributed by atoms with Crippen molar-refractivity contribution in [2.45, 2.75) is 12.6 Å². The topological polar surface area (TPSA) is 33.7 Å². The Morgan fingerprint density at radius 2 is 2.08 bits per heavy atom. The third-order valence-corrected chi connectivity index (χ3v) is 2.60. The van der Waals surface area contributed by atoms with Crippen LogP contribution < -0.4 is 5.32 Å². The maximum atomic E-state index is 5.47. The molecule has 0 spiro atoms. The molecule has 0 bridgehead atoms. The van der Waals surface area contributed by atoms with Crippen LogP contribution in [0.5, 0.6) is 0 Å². The second-order valence-electron chi connectivity index (χ2n) is 3.56. The van der Waals surface area contributed by atoms with Gasteiger partial charge >= 0.3 is 0 Å². The van der Waals surface area contributed by atoms with Crippen molar-refractivity contribution in [2.24, 2.45) is 0 Å². The van der Waals surface area contributed by atoms with Crippen molar-refractivity contribution in [3.63, 3.8) is 0 Å². The average molecular weight is 186 g/mol. The molecule has 0 radical (unpaired) electrons. The van der Waals surface area contributed by atoms with E-state index >= 15 is 0 Å². The molecule has 13 heavy (non-hydrogen) atoms. The minimum atomic E-state index is 0.294. The van der Waals surface area contributed by atoms with Gasteiger partial charge in [-0.15, -0.1) is 0 Å². The minimum Gasteiger partial charge on any atom is -0.379 e. The lowest BCUT2D eigenvalue weighted by Crippen LogP contribution is -2.39. The van der Waals surface area contributed by atoms with Crippen LogP contribution in [0.1, 0.15) is 6.42 Å². The Morgan fingerprint density at radius 3 is 2.77 bits per heavy atom. The quantitative estimate of drug-likeness (QED) is 0.653. The van der Waals surface area contributed by atoms with Crippen molar-refractivity contribution >= 4 is 0 Å². The van der Waals surface area contributed by atoms with Gasteiger partial charge in [0.25, 0.3) is 0 Å². The van der Waals surface area contributed by atoms with Crippen molar-refractivity contribution in [2.75, 3.05) is 46.0 Å². The fourth-order valence-electron chi connectivity index (χ4n) is 1.79. The molecule has 4 heteroatoms. The Labute approximate surface area is 79.2 Å². The Balaban J connectivity index is 1.60. The van der Waals surface area contributed by atoms with Crippen molar-refractivity contribution in [3.05, 3.63) is 0 Å². The Kier molecular flexibility index (Phi) is 3.55. The summed E-state index contributed by atoms with van der Waals surface area (Å²) in [6, 6.07) is 0. The summed E-state index contributed by atoms with van der Waals surface area (Å²) in [5.41, 5.74) is 0. The third kappa shape index (κ3) is 2.91. The van der Waals surface area contributed by atoms with E-state index in [4.69, 9.17) is 9.47 Å². The molecule has 2 aliphatic heterocycles. The minimum absolute atomic E-state index is 0.294. The standard InChI is InChI=1S/C9H18N2O2/c1(9-10-2-6-13-9)3-11-4-7-12-8-5-11/h9-10H,1-8H2. The number of rotatable bonds is 3. The normalized spacial score (nSPS) is 30.9. The second kappa shape index (κ2) is 4.91. The maximum absolute atomic E-state index is 5.47. The number of hydrogen-bond acceptors (Lipinski definition) is 4. The zero-order valence-corrected chi connectivity index (χ0v) is 8.00. The first-order chi connectivity index (χ1) is 6.45. The van der Waals surface area contributed by atoms with Crippen LogP contribution in [0.3, 0.4) is 0 Å². The predicted octanol–water partition coefficient (Wildman–Crippen LogP) is -0.345. The molecule has 1 atom stereocenters. The molecule has 0 amide bonds. The molecule has 2 rings (SSSR count). The smallest absolute Gasteiger partial charge is 0.109 e. The summed E-state index contributed by atoms with van der Waals surface area (Å²) in [5, 5.41) is 3.32. The SMILES string of the molecule is C1COC(CCN2CCOCC2)N1. The molecule has 1 unspecified atom stereocenters. The summed E-state index contributed by atoms with van der Waals surface area (Å²) in [4.78, 5) is 2.44. The summed E-state index contributed by atoms with van der Waals surface area (Å²) < 4.78 is 10.8. The Bertz CT molecular complexity index is 143. The van der Waals surface area contributed by atoms with E-state index in [9.17, 15) is 0 Å². The first kappa shape index (κ1) is 9.40. The average Bonchev–Trinajstić information content (AvgIpc) is 2.69. The first-order valence-electron chi connectivity index (χ1n) is 5.10. The third-order valence-electron chi connectivity index (χ3n) is 2.60. The molecule has 2 fully saturated rings. The molecule has 0 saturated carbocycles. The van der Waals surface area contributed by atoms with Gasteiger partial charge in [0.15, 0.2) is 0 Å². The summed E-state index contributed by atoms with van der Waals surface area (Å²) in [7, 11) is 0. The van der Waals surface area contributed by atoms with Crippen LogP contribution in [-0.2, 0) is 9.47 Å². The van der Waals surface area contributed by atoms with E-state index in [1.54, 1.807) is 0 Å². The van der Waals surface area contributed by atoms with Crippen LogP contribution in [0.2, 0.25) is 0 Å². The fourth-order valence-corrected chi connectivity index (χ4v) is 1.79. The van der Waals surface area contributed by atoms with Gasteiger partial charge < -0.3 is 9.47 Å². The summed E-state index contributed by atoms with van der Waals surface area (Å²) in [5.74, 6) is 0.